The summed E-state index contributed by atoms with van der Waals surface area (Å²) in [6.07, 6.45) is 1.69. The van der Waals surface area contributed by atoms with Gasteiger partial charge >= 0.3 is 6.03 Å². The number of hydrogen-bond donors (Lipinski definition) is 3. The van der Waals surface area contributed by atoms with Crippen molar-refractivity contribution in [1.82, 2.24) is 20.6 Å². The third-order valence-electron chi connectivity index (χ3n) is 2.77. The minimum atomic E-state index is -0.227. The molecule has 0 spiro atoms. The lowest BCUT2D eigenvalue weighted by Gasteiger charge is -2.08. The van der Waals surface area contributed by atoms with Crippen LogP contribution in [0.3, 0.4) is 0 Å². The van der Waals surface area contributed by atoms with Gasteiger partial charge in [0.2, 0.25) is 0 Å². The Morgan fingerprint density at radius 3 is 3.00 bits per heavy atom. The number of carbonyl (C=O) groups is 1. The van der Waals surface area contributed by atoms with E-state index >= 15 is 0 Å². The Morgan fingerprint density at radius 1 is 1.48 bits per heavy atom. The number of nitriles is 1. The standard InChI is InChI=1S/C15H17N5O/c1-10(2)19-15(21)18-9-14-17-8-13(20-14)12-5-3-4-11(6-12)7-16/h3-6,8,10H,9H2,1-2H3,(H,17,20)(H2,18,19,21). The number of H-pyrrole nitrogens is 1. The van der Waals surface area contributed by atoms with Crippen molar-refractivity contribution in [3.63, 3.8) is 0 Å². The smallest absolute Gasteiger partial charge is 0.315 e. The zero-order chi connectivity index (χ0) is 15.2. The van der Waals surface area contributed by atoms with Crippen LogP contribution in [0.25, 0.3) is 11.3 Å². The van der Waals surface area contributed by atoms with Crippen LogP contribution in [0.5, 0.6) is 0 Å². The summed E-state index contributed by atoms with van der Waals surface area (Å²) in [5.41, 5.74) is 2.30. The van der Waals surface area contributed by atoms with Gasteiger partial charge in [-0.3, -0.25) is 0 Å². The highest BCUT2D eigenvalue weighted by Gasteiger charge is 2.06. The molecule has 2 rings (SSSR count). The molecule has 0 saturated carbocycles. The third-order valence-corrected chi connectivity index (χ3v) is 2.77. The maximum absolute atomic E-state index is 11.5. The number of carbonyl (C=O) groups excluding carboxylic acids is 1. The Labute approximate surface area is 123 Å². The molecule has 0 bridgehead atoms. The topological polar surface area (TPSA) is 93.6 Å². The predicted molar refractivity (Wildman–Crippen MR) is 79.2 cm³/mol. The van der Waals surface area contributed by atoms with Crippen molar-refractivity contribution < 1.29 is 4.79 Å². The van der Waals surface area contributed by atoms with Gasteiger partial charge in [-0.2, -0.15) is 5.26 Å². The lowest BCUT2D eigenvalue weighted by molar-refractivity contribution is 0.238. The number of amides is 2. The van der Waals surface area contributed by atoms with E-state index in [4.69, 9.17) is 5.26 Å². The second-order valence-electron chi connectivity index (χ2n) is 4.92. The van der Waals surface area contributed by atoms with Crippen LogP contribution in [0.15, 0.2) is 30.5 Å². The molecule has 0 unspecified atom stereocenters. The molecule has 0 fully saturated rings. The molecule has 1 aromatic carbocycles. The predicted octanol–water partition coefficient (Wildman–Crippen LogP) is 2.16. The lowest BCUT2D eigenvalue weighted by atomic mass is 10.1. The van der Waals surface area contributed by atoms with E-state index in [1.807, 2.05) is 26.0 Å². The summed E-state index contributed by atoms with van der Waals surface area (Å²) in [5.74, 6) is 0.659. The van der Waals surface area contributed by atoms with E-state index in [2.05, 4.69) is 26.7 Å². The van der Waals surface area contributed by atoms with Crippen LogP contribution in [0, 0.1) is 11.3 Å². The molecule has 2 aromatic rings. The first-order chi connectivity index (χ1) is 10.1. The highest BCUT2D eigenvalue weighted by molar-refractivity contribution is 5.74. The van der Waals surface area contributed by atoms with E-state index in [1.54, 1.807) is 18.3 Å². The van der Waals surface area contributed by atoms with Crippen LogP contribution >= 0.6 is 0 Å². The Bertz CT molecular complexity index is 669. The van der Waals surface area contributed by atoms with Crippen LogP contribution in [0.4, 0.5) is 4.79 Å². The molecular formula is C15H17N5O. The van der Waals surface area contributed by atoms with E-state index in [1.165, 1.54) is 0 Å². The summed E-state index contributed by atoms with van der Waals surface area (Å²) >= 11 is 0. The van der Waals surface area contributed by atoms with Crippen molar-refractivity contribution in [3.8, 4) is 17.3 Å². The van der Waals surface area contributed by atoms with Crippen LogP contribution in [0.1, 0.15) is 25.2 Å². The van der Waals surface area contributed by atoms with Crippen molar-refractivity contribution in [2.45, 2.75) is 26.4 Å². The van der Waals surface area contributed by atoms with Crippen molar-refractivity contribution in [1.29, 1.82) is 5.26 Å². The van der Waals surface area contributed by atoms with Gasteiger partial charge in [0.05, 0.1) is 30.1 Å². The van der Waals surface area contributed by atoms with Gasteiger partial charge in [-0.1, -0.05) is 12.1 Å². The maximum atomic E-state index is 11.5. The van der Waals surface area contributed by atoms with Crippen molar-refractivity contribution >= 4 is 6.03 Å². The molecule has 0 aliphatic rings. The first-order valence-corrected chi connectivity index (χ1v) is 6.67. The zero-order valence-corrected chi connectivity index (χ0v) is 12.0. The van der Waals surface area contributed by atoms with E-state index < -0.39 is 0 Å². The summed E-state index contributed by atoms with van der Waals surface area (Å²) < 4.78 is 0. The number of rotatable bonds is 4. The van der Waals surface area contributed by atoms with E-state index in [0.29, 0.717) is 17.9 Å². The van der Waals surface area contributed by atoms with Gasteiger partial charge in [0.25, 0.3) is 0 Å². The zero-order valence-electron chi connectivity index (χ0n) is 12.0. The molecule has 2 amide bonds. The molecule has 3 N–H and O–H groups in total. The molecule has 108 valence electrons. The first kappa shape index (κ1) is 14.6. The van der Waals surface area contributed by atoms with E-state index in [0.717, 1.165) is 11.3 Å². The molecule has 6 heteroatoms. The average molecular weight is 283 g/mol. The quantitative estimate of drug-likeness (QED) is 0.802. The monoisotopic (exact) mass is 283 g/mol. The minimum Gasteiger partial charge on any atom is -0.341 e. The Hall–Kier alpha value is -2.81. The Morgan fingerprint density at radius 2 is 2.29 bits per heavy atom. The number of nitrogens with zero attached hydrogens (tertiary/aromatic N) is 2. The summed E-state index contributed by atoms with van der Waals surface area (Å²) in [7, 11) is 0. The number of aromatic nitrogens is 2. The highest BCUT2D eigenvalue weighted by atomic mass is 16.2. The molecule has 0 atom stereocenters. The number of imidazole rings is 1. The van der Waals surface area contributed by atoms with Gasteiger partial charge in [0.1, 0.15) is 5.82 Å². The molecule has 0 saturated heterocycles. The molecule has 0 aliphatic heterocycles. The van der Waals surface area contributed by atoms with Crippen LogP contribution in [0.2, 0.25) is 0 Å². The SMILES string of the molecule is CC(C)NC(=O)NCc1ncc(-c2cccc(C#N)c2)[nH]1. The number of nitrogens with one attached hydrogen (secondary N) is 3. The van der Waals surface area contributed by atoms with Gasteiger partial charge < -0.3 is 15.6 Å². The molecule has 6 nitrogen and oxygen atoms in total. The van der Waals surface area contributed by atoms with Crippen molar-refractivity contribution in [2.24, 2.45) is 0 Å². The number of benzene rings is 1. The first-order valence-electron chi connectivity index (χ1n) is 6.67. The van der Waals surface area contributed by atoms with Gasteiger partial charge in [-0.05, 0) is 26.0 Å². The number of hydrogen-bond acceptors (Lipinski definition) is 3. The summed E-state index contributed by atoms with van der Waals surface area (Å²) in [6, 6.07) is 9.22. The van der Waals surface area contributed by atoms with Gasteiger partial charge in [0, 0.05) is 11.6 Å². The van der Waals surface area contributed by atoms with Crippen molar-refractivity contribution in [3.05, 3.63) is 41.9 Å². The molecule has 21 heavy (non-hydrogen) atoms. The molecule has 1 aromatic heterocycles. The summed E-state index contributed by atoms with van der Waals surface area (Å²) in [5, 5.41) is 14.4. The molecular weight excluding hydrogens is 266 g/mol. The normalized spacial score (nSPS) is 10.2. The highest BCUT2D eigenvalue weighted by Crippen LogP contribution is 2.18. The summed E-state index contributed by atoms with van der Waals surface area (Å²) in [6.45, 7) is 4.11. The fourth-order valence-corrected chi connectivity index (χ4v) is 1.83. The van der Waals surface area contributed by atoms with E-state index in [-0.39, 0.29) is 12.1 Å². The lowest BCUT2D eigenvalue weighted by Crippen LogP contribution is -2.39. The molecule has 0 radical (unpaired) electrons. The fourth-order valence-electron chi connectivity index (χ4n) is 1.83. The molecule has 0 aliphatic carbocycles. The van der Waals surface area contributed by atoms with Gasteiger partial charge in [-0.15, -0.1) is 0 Å². The second kappa shape index (κ2) is 6.57. The Balaban J connectivity index is 2.01. The van der Waals surface area contributed by atoms with Crippen molar-refractivity contribution in [2.75, 3.05) is 0 Å². The number of aromatic amines is 1. The summed E-state index contributed by atoms with van der Waals surface area (Å²) in [4.78, 5) is 18.8. The van der Waals surface area contributed by atoms with Crippen LogP contribution in [-0.2, 0) is 6.54 Å². The van der Waals surface area contributed by atoms with E-state index in [9.17, 15) is 4.79 Å². The van der Waals surface area contributed by atoms with Crippen LogP contribution in [-0.4, -0.2) is 22.0 Å². The third kappa shape index (κ3) is 4.08. The Kier molecular flexibility index (Phi) is 4.57. The average Bonchev–Trinajstić information content (AvgIpc) is 2.93. The molecule has 1 heterocycles. The van der Waals surface area contributed by atoms with Crippen LogP contribution < -0.4 is 10.6 Å². The minimum absolute atomic E-state index is 0.0888. The maximum Gasteiger partial charge on any atom is 0.315 e. The second-order valence-corrected chi connectivity index (χ2v) is 4.92. The van der Waals surface area contributed by atoms with Gasteiger partial charge in [-0.25, -0.2) is 9.78 Å². The van der Waals surface area contributed by atoms with Gasteiger partial charge in [0.15, 0.2) is 0 Å². The fraction of sp³-hybridized carbons (Fsp3) is 0.267. The number of urea groups is 1. The largest absolute Gasteiger partial charge is 0.341 e.